The number of rotatable bonds is 10. The molecule has 2 aromatic heterocycles. The van der Waals surface area contributed by atoms with Crippen molar-refractivity contribution in [2.75, 3.05) is 31.4 Å². The van der Waals surface area contributed by atoms with Crippen molar-refractivity contribution in [1.29, 1.82) is 0 Å². The molecule has 0 spiro atoms. The van der Waals surface area contributed by atoms with Crippen LogP contribution in [-0.4, -0.2) is 52.6 Å². The van der Waals surface area contributed by atoms with Gasteiger partial charge in [-0.25, -0.2) is 4.68 Å². The zero-order valence-corrected chi connectivity index (χ0v) is 20.2. The molecule has 11 nitrogen and oxygen atoms in total. The molecule has 1 saturated carbocycles. The van der Waals surface area contributed by atoms with Crippen molar-refractivity contribution in [3.63, 3.8) is 0 Å². The summed E-state index contributed by atoms with van der Waals surface area (Å²) in [5.74, 6) is 0.310. The van der Waals surface area contributed by atoms with E-state index in [9.17, 15) is 9.59 Å². The fraction of sp³-hybridized carbons (Fsp3) is 0.375. The van der Waals surface area contributed by atoms with Crippen molar-refractivity contribution in [2.24, 2.45) is 5.92 Å². The lowest BCUT2D eigenvalue weighted by molar-refractivity contribution is -0.117. The molecule has 35 heavy (non-hydrogen) atoms. The Kier molecular flexibility index (Phi) is 7.25. The molecule has 11 heteroatoms. The zero-order chi connectivity index (χ0) is 24.9. The van der Waals surface area contributed by atoms with E-state index in [1.807, 2.05) is 38.2 Å². The Balaban J connectivity index is 1.67. The van der Waals surface area contributed by atoms with E-state index in [-0.39, 0.29) is 29.6 Å². The minimum atomic E-state index is -0.415. The van der Waals surface area contributed by atoms with Gasteiger partial charge in [-0.2, -0.15) is 5.10 Å². The molecule has 1 unspecified atom stereocenters. The Morgan fingerprint density at radius 2 is 2.03 bits per heavy atom. The van der Waals surface area contributed by atoms with Gasteiger partial charge in [-0.05, 0) is 32.8 Å². The molecule has 3 aromatic rings. The third-order valence-corrected chi connectivity index (χ3v) is 5.62. The van der Waals surface area contributed by atoms with Crippen molar-refractivity contribution in [3.05, 3.63) is 42.4 Å². The standard InChI is InChI=1S/C24H29N7O4/c1-5-35-14(2)31-13-16(12-26-31)17-7-6-8-18(22(17)34-4)27-19-11-20(28-23(32)15-9-10-15)29-30-21(19)24(33)25-3/h6-8,11-15H,5,9-10H2,1-4H3,(H,25,33)(H2,27,28,29,32). The van der Waals surface area contributed by atoms with Crippen molar-refractivity contribution in [3.8, 4) is 16.9 Å². The summed E-state index contributed by atoms with van der Waals surface area (Å²) in [6.45, 7) is 4.44. The first kappa shape index (κ1) is 24.1. The maximum absolute atomic E-state index is 12.4. The van der Waals surface area contributed by atoms with E-state index < -0.39 is 5.91 Å². The van der Waals surface area contributed by atoms with Crippen LogP contribution in [-0.2, 0) is 9.53 Å². The molecule has 0 saturated heterocycles. The third kappa shape index (κ3) is 5.40. The third-order valence-electron chi connectivity index (χ3n) is 5.62. The van der Waals surface area contributed by atoms with Crippen LogP contribution in [0.15, 0.2) is 36.7 Å². The van der Waals surface area contributed by atoms with Gasteiger partial charge in [0.15, 0.2) is 11.5 Å². The van der Waals surface area contributed by atoms with Gasteiger partial charge in [0.1, 0.15) is 12.0 Å². The van der Waals surface area contributed by atoms with Gasteiger partial charge in [-0.3, -0.25) is 9.59 Å². The lowest BCUT2D eigenvalue weighted by Gasteiger charge is -2.16. The fourth-order valence-corrected chi connectivity index (χ4v) is 3.63. The van der Waals surface area contributed by atoms with Crippen molar-refractivity contribution < 1.29 is 19.1 Å². The van der Waals surface area contributed by atoms with Crippen LogP contribution in [0.5, 0.6) is 5.75 Å². The monoisotopic (exact) mass is 479 g/mol. The number of hydrogen-bond donors (Lipinski definition) is 3. The van der Waals surface area contributed by atoms with Crippen molar-refractivity contribution >= 4 is 29.0 Å². The molecule has 1 atom stereocenters. The number of nitrogens with one attached hydrogen (secondary N) is 3. The summed E-state index contributed by atoms with van der Waals surface area (Å²) in [6, 6.07) is 7.20. The number of amides is 2. The summed E-state index contributed by atoms with van der Waals surface area (Å²) < 4.78 is 13.1. The van der Waals surface area contributed by atoms with Crippen LogP contribution in [0.25, 0.3) is 11.1 Å². The predicted molar refractivity (Wildman–Crippen MR) is 131 cm³/mol. The van der Waals surface area contributed by atoms with Crippen LogP contribution < -0.4 is 20.7 Å². The molecule has 3 N–H and O–H groups in total. The first-order valence-electron chi connectivity index (χ1n) is 11.5. The summed E-state index contributed by atoms with van der Waals surface area (Å²) in [4.78, 5) is 24.6. The number of carbonyl (C=O) groups is 2. The molecule has 1 aliphatic rings. The molecule has 2 heterocycles. The molecule has 184 valence electrons. The SMILES string of the molecule is CCOC(C)n1cc(-c2cccc(Nc3cc(NC(=O)C4CC4)nnc3C(=O)NC)c2OC)cn1. The molecular formula is C24H29N7O4. The number of ether oxygens (including phenoxy) is 2. The smallest absolute Gasteiger partial charge is 0.273 e. The summed E-state index contributed by atoms with van der Waals surface area (Å²) >= 11 is 0. The minimum absolute atomic E-state index is 0.00922. The van der Waals surface area contributed by atoms with Crippen LogP contribution in [0, 0.1) is 5.92 Å². The van der Waals surface area contributed by atoms with E-state index in [1.54, 1.807) is 24.1 Å². The summed E-state index contributed by atoms with van der Waals surface area (Å²) in [5.41, 5.74) is 2.71. The van der Waals surface area contributed by atoms with E-state index in [0.29, 0.717) is 23.7 Å². The first-order chi connectivity index (χ1) is 16.9. The average molecular weight is 480 g/mol. The van der Waals surface area contributed by atoms with Gasteiger partial charge in [0.25, 0.3) is 5.91 Å². The lowest BCUT2D eigenvalue weighted by atomic mass is 10.1. The number of hydrogen-bond acceptors (Lipinski definition) is 8. The van der Waals surface area contributed by atoms with Gasteiger partial charge < -0.3 is 25.4 Å². The number of anilines is 3. The molecule has 0 bridgehead atoms. The van der Waals surface area contributed by atoms with Gasteiger partial charge in [0.05, 0.1) is 24.7 Å². The van der Waals surface area contributed by atoms with Crippen LogP contribution >= 0.6 is 0 Å². The molecular weight excluding hydrogens is 450 g/mol. The van der Waals surface area contributed by atoms with E-state index in [4.69, 9.17) is 9.47 Å². The van der Waals surface area contributed by atoms with E-state index >= 15 is 0 Å². The molecule has 4 rings (SSSR count). The molecule has 0 radical (unpaired) electrons. The highest BCUT2D eigenvalue weighted by Crippen LogP contribution is 2.38. The Morgan fingerprint density at radius 1 is 1.23 bits per heavy atom. The summed E-state index contributed by atoms with van der Waals surface area (Å²) in [7, 11) is 3.09. The summed E-state index contributed by atoms with van der Waals surface area (Å²) in [6.07, 6.45) is 5.16. The van der Waals surface area contributed by atoms with Crippen molar-refractivity contribution in [2.45, 2.75) is 32.9 Å². The van der Waals surface area contributed by atoms with Gasteiger partial charge >= 0.3 is 0 Å². The highest BCUT2D eigenvalue weighted by atomic mass is 16.5. The largest absolute Gasteiger partial charge is 0.494 e. The zero-order valence-electron chi connectivity index (χ0n) is 20.2. The molecule has 1 fully saturated rings. The second-order valence-corrected chi connectivity index (χ2v) is 8.11. The van der Waals surface area contributed by atoms with E-state index in [2.05, 4.69) is 31.2 Å². The second kappa shape index (κ2) is 10.5. The van der Waals surface area contributed by atoms with Crippen LogP contribution in [0.1, 0.15) is 43.4 Å². The highest BCUT2D eigenvalue weighted by molar-refractivity contribution is 6.00. The van der Waals surface area contributed by atoms with Crippen molar-refractivity contribution in [1.82, 2.24) is 25.3 Å². The Morgan fingerprint density at radius 3 is 2.71 bits per heavy atom. The topological polar surface area (TPSA) is 132 Å². The molecule has 1 aromatic carbocycles. The van der Waals surface area contributed by atoms with E-state index in [1.165, 1.54) is 7.05 Å². The maximum atomic E-state index is 12.4. The number of aromatic nitrogens is 4. The van der Waals surface area contributed by atoms with Crippen LogP contribution in [0.4, 0.5) is 17.2 Å². The quantitative estimate of drug-likeness (QED) is 0.403. The number of para-hydroxylation sites is 1. The average Bonchev–Trinajstić information content (AvgIpc) is 3.60. The summed E-state index contributed by atoms with van der Waals surface area (Å²) in [5, 5.41) is 21.0. The Labute approximate surface area is 203 Å². The number of nitrogens with zero attached hydrogens (tertiary/aromatic N) is 4. The number of methoxy groups -OCH3 is 1. The van der Waals surface area contributed by atoms with Crippen LogP contribution in [0.2, 0.25) is 0 Å². The Hall–Kier alpha value is -3.99. The van der Waals surface area contributed by atoms with Gasteiger partial charge in [0, 0.05) is 43.0 Å². The highest BCUT2D eigenvalue weighted by Gasteiger charge is 2.30. The van der Waals surface area contributed by atoms with E-state index in [0.717, 1.165) is 24.0 Å². The Bertz CT molecular complexity index is 1220. The van der Waals surface area contributed by atoms with Gasteiger partial charge in [-0.15, -0.1) is 10.2 Å². The molecule has 1 aliphatic carbocycles. The second-order valence-electron chi connectivity index (χ2n) is 8.11. The predicted octanol–water partition coefficient (Wildman–Crippen LogP) is 3.36. The number of benzene rings is 1. The maximum Gasteiger partial charge on any atom is 0.273 e. The van der Waals surface area contributed by atoms with Gasteiger partial charge in [0.2, 0.25) is 5.91 Å². The normalized spacial score (nSPS) is 13.7. The minimum Gasteiger partial charge on any atom is -0.494 e. The fourth-order valence-electron chi connectivity index (χ4n) is 3.63. The van der Waals surface area contributed by atoms with Crippen LogP contribution in [0.3, 0.4) is 0 Å². The van der Waals surface area contributed by atoms with Gasteiger partial charge in [-0.1, -0.05) is 12.1 Å². The number of carbonyl (C=O) groups excluding carboxylic acids is 2. The molecule has 0 aliphatic heterocycles. The first-order valence-corrected chi connectivity index (χ1v) is 11.5. The molecule has 2 amide bonds. The lowest BCUT2D eigenvalue weighted by Crippen LogP contribution is -2.22.